The van der Waals surface area contributed by atoms with Crippen LogP contribution in [0.15, 0.2) is 84.3 Å². The van der Waals surface area contributed by atoms with Gasteiger partial charge < -0.3 is 5.32 Å². The summed E-state index contributed by atoms with van der Waals surface area (Å²) in [6, 6.07) is 22.0. The van der Waals surface area contributed by atoms with E-state index in [-0.39, 0.29) is 16.6 Å². The third-order valence-electron chi connectivity index (χ3n) is 5.49. The molecule has 0 spiro atoms. The first-order valence-electron chi connectivity index (χ1n) is 11.3. The number of hydrogen-bond acceptors (Lipinski definition) is 5. The van der Waals surface area contributed by atoms with Crippen molar-refractivity contribution >= 4 is 23.4 Å². The topological polar surface area (TPSA) is 72.7 Å². The van der Waals surface area contributed by atoms with Gasteiger partial charge in [-0.3, -0.25) is 14.3 Å². The van der Waals surface area contributed by atoms with E-state index in [4.69, 9.17) is 0 Å². The molecule has 0 radical (unpaired) electrons. The quantitative estimate of drug-likeness (QED) is 0.345. The van der Waals surface area contributed by atoms with E-state index >= 15 is 0 Å². The van der Waals surface area contributed by atoms with Crippen molar-refractivity contribution in [3.63, 3.8) is 0 Å². The van der Waals surface area contributed by atoms with Gasteiger partial charge in [0.25, 0.3) is 0 Å². The predicted molar refractivity (Wildman–Crippen MR) is 138 cm³/mol. The van der Waals surface area contributed by atoms with Crippen LogP contribution < -0.4 is 5.32 Å². The maximum Gasteiger partial charge on any atom is 0.237 e. The second-order valence-corrected chi connectivity index (χ2v) is 10.5. The zero-order valence-corrected chi connectivity index (χ0v) is 20.7. The average molecular weight is 472 g/mol. The van der Waals surface area contributed by atoms with Gasteiger partial charge in [0.15, 0.2) is 11.0 Å². The molecule has 7 heteroatoms. The highest BCUT2D eigenvalue weighted by Crippen LogP contribution is 2.29. The summed E-state index contributed by atoms with van der Waals surface area (Å²) in [6.07, 6.45) is 3.51. The summed E-state index contributed by atoms with van der Waals surface area (Å²) in [4.78, 5) is 17.2. The molecular weight excluding hydrogens is 442 g/mol. The fourth-order valence-corrected chi connectivity index (χ4v) is 4.35. The first kappa shape index (κ1) is 23.7. The van der Waals surface area contributed by atoms with E-state index in [2.05, 4.69) is 65.5 Å². The summed E-state index contributed by atoms with van der Waals surface area (Å²) in [5.41, 5.74) is 4.09. The fraction of sp³-hybridized carbons (Fsp3) is 0.259. The minimum absolute atomic E-state index is 0.0699. The van der Waals surface area contributed by atoms with Crippen LogP contribution in [0.25, 0.3) is 11.4 Å². The van der Waals surface area contributed by atoms with E-state index in [1.807, 2.05) is 54.0 Å². The van der Waals surface area contributed by atoms with Crippen molar-refractivity contribution in [3.05, 3.63) is 90.3 Å². The van der Waals surface area contributed by atoms with Crippen LogP contribution in [0, 0.1) is 0 Å². The number of aromatic nitrogens is 4. The molecule has 1 amide bonds. The molecule has 0 aliphatic rings. The minimum Gasteiger partial charge on any atom is -0.325 e. The Morgan fingerprint density at radius 2 is 1.74 bits per heavy atom. The van der Waals surface area contributed by atoms with E-state index in [9.17, 15) is 4.79 Å². The van der Waals surface area contributed by atoms with Crippen molar-refractivity contribution < 1.29 is 4.79 Å². The van der Waals surface area contributed by atoms with Crippen LogP contribution in [-0.2, 0) is 16.8 Å². The van der Waals surface area contributed by atoms with Gasteiger partial charge in [-0.05, 0) is 47.7 Å². The van der Waals surface area contributed by atoms with Gasteiger partial charge in [0, 0.05) is 23.6 Å². The number of benzene rings is 2. The van der Waals surface area contributed by atoms with Gasteiger partial charge in [0.2, 0.25) is 5.91 Å². The number of hydrogen-bond donors (Lipinski definition) is 1. The van der Waals surface area contributed by atoms with E-state index < -0.39 is 0 Å². The molecule has 2 aromatic heterocycles. The molecule has 0 saturated heterocycles. The van der Waals surface area contributed by atoms with E-state index in [0.717, 1.165) is 22.6 Å². The molecule has 0 fully saturated rings. The summed E-state index contributed by atoms with van der Waals surface area (Å²) < 4.78 is 2.04. The summed E-state index contributed by atoms with van der Waals surface area (Å²) in [6.45, 7) is 9.00. The Labute approximate surface area is 204 Å². The molecule has 1 atom stereocenters. The Bertz CT molecular complexity index is 1230. The number of thioether (sulfide) groups is 1. The van der Waals surface area contributed by atoms with Crippen LogP contribution in [0.4, 0.5) is 5.69 Å². The Kier molecular flexibility index (Phi) is 7.12. The summed E-state index contributed by atoms with van der Waals surface area (Å²) in [5, 5.41) is 12.2. The van der Waals surface area contributed by atoms with Crippen LogP contribution in [-0.4, -0.2) is 30.9 Å². The zero-order chi connectivity index (χ0) is 24.1. The maximum atomic E-state index is 12.9. The number of anilines is 1. The molecule has 0 aliphatic carbocycles. The SMILES string of the molecule is CC(Sc1nnc(-c2cccnc2)n1Cc1ccccc1)C(=O)Nc1ccc(C(C)(C)C)cc1. The average Bonchev–Trinajstić information content (AvgIpc) is 3.22. The third kappa shape index (κ3) is 5.72. The minimum atomic E-state index is -0.359. The molecule has 0 aliphatic heterocycles. The van der Waals surface area contributed by atoms with Gasteiger partial charge in [-0.15, -0.1) is 10.2 Å². The lowest BCUT2D eigenvalue weighted by Gasteiger charge is -2.19. The number of rotatable bonds is 7. The molecule has 4 aromatic rings. The smallest absolute Gasteiger partial charge is 0.237 e. The molecule has 0 bridgehead atoms. The fourth-order valence-electron chi connectivity index (χ4n) is 3.50. The van der Waals surface area contributed by atoms with Crippen LogP contribution in [0.5, 0.6) is 0 Å². The van der Waals surface area contributed by atoms with Crippen LogP contribution in [0.3, 0.4) is 0 Å². The lowest BCUT2D eigenvalue weighted by molar-refractivity contribution is -0.115. The molecule has 1 N–H and O–H groups in total. The molecular formula is C27H29N5OS. The maximum absolute atomic E-state index is 12.9. The van der Waals surface area contributed by atoms with Gasteiger partial charge in [-0.25, -0.2) is 0 Å². The highest BCUT2D eigenvalue weighted by atomic mass is 32.2. The monoisotopic (exact) mass is 471 g/mol. The first-order chi connectivity index (χ1) is 16.3. The van der Waals surface area contributed by atoms with Gasteiger partial charge in [-0.2, -0.15) is 0 Å². The standard InChI is InChI=1S/C27H29N5OS/c1-19(25(33)29-23-14-12-22(13-15-23)27(2,3)4)34-26-31-30-24(21-11-8-16-28-17-21)32(26)18-20-9-6-5-7-10-20/h5-17,19H,18H2,1-4H3,(H,29,33). The van der Waals surface area contributed by atoms with Crippen LogP contribution in [0.1, 0.15) is 38.8 Å². The van der Waals surface area contributed by atoms with Crippen LogP contribution >= 0.6 is 11.8 Å². The molecule has 2 aromatic carbocycles. The third-order valence-corrected chi connectivity index (χ3v) is 6.57. The Morgan fingerprint density at radius 3 is 2.38 bits per heavy atom. The van der Waals surface area contributed by atoms with E-state index in [1.54, 1.807) is 12.4 Å². The summed E-state index contributed by atoms with van der Waals surface area (Å²) in [5.74, 6) is 0.649. The lowest BCUT2D eigenvalue weighted by Crippen LogP contribution is -2.23. The highest BCUT2D eigenvalue weighted by Gasteiger charge is 2.22. The Morgan fingerprint density at radius 1 is 1.00 bits per heavy atom. The molecule has 2 heterocycles. The number of carbonyl (C=O) groups excluding carboxylic acids is 1. The number of nitrogens with one attached hydrogen (secondary N) is 1. The van der Waals surface area contributed by atoms with Crippen molar-refractivity contribution in [1.29, 1.82) is 0 Å². The predicted octanol–water partition coefficient (Wildman–Crippen LogP) is 5.81. The van der Waals surface area contributed by atoms with Crippen molar-refractivity contribution in [2.75, 3.05) is 5.32 Å². The van der Waals surface area contributed by atoms with Crippen molar-refractivity contribution in [2.24, 2.45) is 0 Å². The number of nitrogens with zero attached hydrogens (tertiary/aromatic N) is 4. The van der Waals surface area contributed by atoms with Gasteiger partial charge in [-0.1, -0.05) is 75.0 Å². The molecule has 6 nitrogen and oxygen atoms in total. The molecule has 4 rings (SSSR count). The Balaban J connectivity index is 1.53. The normalized spacial score (nSPS) is 12.4. The van der Waals surface area contributed by atoms with E-state index in [0.29, 0.717) is 11.7 Å². The van der Waals surface area contributed by atoms with Crippen molar-refractivity contribution in [3.8, 4) is 11.4 Å². The Hall–Kier alpha value is -3.45. The number of carbonyl (C=O) groups is 1. The second-order valence-electron chi connectivity index (χ2n) is 9.20. The highest BCUT2D eigenvalue weighted by molar-refractivity contribution is 8.00. The summed E-state index contributed by atoms with van der Waals surface area (Å²) in [7, 11) is 0. The largest absolute Gasteiger partial charge is 0.325 e. The number of pyridine rings is 1. The van der Waals surface area contributed by atoms with Gasteiger partial charge >= 0.3 is 0 Å². The lowest BCUT2D eigenvalue weighted by atomic mass is 9.87. The van der Waals surface area contributed by atoms with Gasteiger partial charge in [0.05, 0.1) is 11.8 Å². The first-order valence-corrected chi connectivity index (χ1v) is 12.1. The van der Waals surface area contributed by atoms with Crippen molar-refractivity contribution in [1.82, 2.24) is 19.7 Å². The molecule has 1 unspecified atom stereocenters. The molecule has 0 saturated carbocycles. The molecule has 174 valence electrons. The van der Waals surface area contributed by atoms with Gasteiger partial charge in [0.1, 0.15) is 0 Å². The van der Waals surface area contributed by atoms with Crippen molar-refractivity contribution in [2.45, 2.75) is 50.1 Å². The van der Waals surface area contributed by atoms with Crippen LogP contribution in [0.2, 0.25) is 0 Å². The summed E-state index contributed by atoms with van der Waals surface area (Å²) >= 11 is 1.40. The second kappa shape index (κ2) is 10.2. The van der Waals surface area contributed by atoms with E-state index in [1.165, 1.54) is 17.3 Å². The number of amides is 1. The molecule has 34 heavy (non-hydrogen) atoms. The zero-order valence-electron chi connectivity index (χ0n) is 19.9.